The molecule has 6 heteroatoms. The second-order valence-electron chi connectivity index (χ2n) is 4.09. The van der Waals surface area contributed by atoms with E-state index in [1.165, 1.54) is 0 Å². The first kappa shape index (κ1) is 13.1. The van der Waals surface area contributed by atoms with Gasteiger partial charge in [0.1, 0.15) is 0 Å². The number of nitrogens with two attached hydrogens (primary N) is 1. The van der Waals surface area contributed by atoms with Crippen LogP contribution in [0.25, 0.3) is 0 Å². The van der Waals surface area contributed by atoms with E-state index in [1.54, 1.807) is 38.1 Å². The van der Waals surface area contributed by atoms with Crippen molar-refractivity contribution in [3.63, 3.8) is 0 Å². The summed E-state index contributed by atoms with van der Waals surface area (Å²) in [7, 11) is 4.92. The number of hydrogen-bond acceptors (Lipinski definition) is 5. The molecule has 2 aromatic rings. The van der Waals surface area contributed by atoms with Gasteiger partial charge in [-0.05, 0) is 6.92 Å². The fourth-order valence-corrected chi connectivity index (χ4v) is 1.76. The highest BCUT2D eigenvalue weighted by atomic mass is 16.5. The van der Waals surface area contributed by atoms with Crippen LogP contribution < -0.4 is 19.9 Å². The number of methoxy groups -OCH3 is 2. The van der Waals surface area contributed by atoms with Crippen LogP contribution in [0.2, 0.25) is 0 Å². The number of anilines is 1. The van der Waals surface area contributed by atoms with E-state index in [1.807, 2.05) is 13.0 Å². The summed E-state index contributed by atoms with van der Waals surface area (Å²) in [6, 6.07) is 5.18. The molecule has 0 aliphatic heterocycles. The fourth-order valence-electron chi connectivity index (χ4n) is 1.76. The van der Waals surface area contributed by atoms with E-state index in [0.717, 1.165) is 5.69 Å². The predicted octanol–water partition coefficient (Wildman–Crippen LogP) is 2.12. The van der Waals surface area contributed by atoms with Gasteiger partial charge >= 0.3 is 0 Å². The third-order valence-corrected chi connectivity index (χ3v) is 2.69. The van der Waals surface area contributed by atoms with Gasteiger partial charge in [-0.2, -0.15) is 5.10 Å². The molecule has 0 fully saturated rings. The summed E-state index contributed by atoms with van der Waals surface area (Å²) in [5.41, 5.74) is 7.28. The van der Waals surface area contributed by atoms with Gasteiger partial charge in [-0.1, -0.05) is 0 Å². The van der Waals surface area contributed by atoms with Crippen LogP contribution in [0.3, 0.4) is 0 Å². The van der Waals surface area contributed by atoms with Gasteiger partial charge in [-0.15, -0.1) is 0 Å². The lowest BCUT2D eigenvalue weighted by Crippen LogP contribution is -1.99. The number of ether oxygens (including phenoxy) is 3. The topological polar surface area (TPSA) is 71.5 Å². The van der Waals surface area contributed by atoms with Crippen LogP contribution in [0.15, 0.2) is 18.2 Å². The first-order valence-corrected chi connectivity index (χ1v) is 5.75. The van der Waals surface area contributed by atoms with E-state index < -0.39 is 0 Å². The number of aryl methyl sites for hydroxylation is 2. The van der Waals surface area contributed by atoms with Gasteiger partial charge in [0, 0.05) is 25.2 Å². The molecule has 0 bridgehead atoms. The molecule has 2 rings (SSSR count). The molecule has 0 amide bonds. The highest BCUT2D eigenvalue weighted by molar-refractivity contribution is 5.62. The van der Waals surface area contributed by atoms with Gasteiger partial charge in [0.2, 0.25) is 5.88 Å². The van der Waals surface area contributed by atoms with E-state index in [2.05, 4.69) is 5.10 Å². The maximum Gasteiger partial charge on any atom is 0.217 e. The Morgan fingerprint density at radius 1 is 1.05 bits per heavy atom. The van der Waals surface area contributed by atoms with E-state index in [9.17, 15) is 0 Å². The molecule has 1 aromatic carbocycles. The van der Waals surface area contributed by atoms with E-state index >= 15 is 0 Å². The second-order valence-corrected chi connectivity index (χ2v) is 4.09. The largest absolute Gasteiger partial charge is 0.493 e. The van der Waals surface area contributed by atoms with Crippen molar-refractivity contribution in [3.05, 3.63) is 23.9 Å². The summed E-state index contributed by atoms with van der Waals surface area (Å²) < 4.78 is 17.8. The fraction of sp³-hybridized carbons (Fsp3) is 0.308. The molecular weight excluding hydrogens is 246 g/mol. The summed E-state index contributed by atoms with van der Waals surface area (Å²) in [5.74, 6) is 2.23. The standard InChI is InChI=1S/C13H17N3O3/c1-8-5-13(16(2)15-8)19-10-7-12(18-4)11(17-3)6-9(10)14/h5-7H,14H2,1-4H3. The van der Waals surface area contributed by atoms with Crippen molar-refractivity contribution in [1.82, 2.24) is 9.78 Å². The van der Waals surface area contributed by atoms with Crippen molar-refractivity contribution < 1.29 is 14.2 Å². The molecular formula is C13H17N3O3. The number of aromatic nitrogens is 2. The van der Waals surface area contributed by atoms with Crippen LogP contribution in [0.1, 0.15) is 5.69 Å². The number of rotatable bonds is 4. The highest BCUT2D eigenvalue weighted by Gasteiger charge is 2.12. The molecule has 0 spiro atoms. The average Bonchev–Trinajstić information content (AvgIpc) is 2.69. The van der Waals surface area contributed by atoms with Gasteiger partial charge in [0.05, 0.1) is 25.6 Å². The van der Waals surface area contributed by atoms with Crippen molar-refractivity contribution in [2.75, 3.05) is 20.0 Å². The second kappa shape index (κ2) is 5.09. The van der Waals surface area contributed by atoms with Crippen LogP contribution in [0.5, 0.6) is 23.1 Å². The summed E-state index contributed by atoms with van der Waals surface area (Å²) in [6.45, 7) is 1.89. The highest BCUT2D eigenvalue weighted by Crippen LogP contribution is 2.38. The zero-order chi connectivity index (χ0) is 14.0. The minimum Gasteiger partial charge on any atom is -0.493 e. The quantitative estimate of drug-likeness (QED) is 0.855. The number of nitrogen functional groups attached to an aromatic ring is 1. The smallest absolute Gasteiger partial charge is 0.217 e. The average molecular weight is 263 g/mol. The predicted molar refractivity (Wildman–Crippen MR) is 72.0 cm³/mol. The van der Waals surface area contributed by atoms with Gasteiger partial charge in [0.25, 0.3) is 0 Å². The zero-order valence-corrected chi connectivity index (χ0v) is 11.4. The van der Waals surface area contributed by atoms with E-state index in [0.29, 0.717) is 28.8 Å². The van der Waals surface area contributed by atoms with Crippen molar-refractivity contribution in [2.24, 2.45) is 7.05 Å². The van der Waals surface area contributed by atoms with Crippen molar-refractivity contribution in [1.29, 1.82) is 0 Å². The number of hydrogen-bond donors (Lipinski definition) is 1. The summed E-state index contributed by atoms with van der Waals surface area (Å²) in [4.78, 5) is 0. The lowest BCUT2D eigenvalue weighted by molar-refractivity contribution is 0.351. The Morgan fingerprint density at radius 2 is 1.68 bits per heavy atom. The van der Waals surface area contributed by atoms with Crippen molar-refractivity contribution in [2.45, 2.75) is 6.92 Å². The molecule has 0 unspecified atom stereocenters. The lowest BCUT2D eigenvalue weighted by atomic mass is 10.2. The summed E-state index contributed by atoms with van der Waals surface area (Å²) in [5, 5.41) is 4.21. The molecule has 0 aliphatic carbocycles. The summed E-state index contributed by atoms with van der Waals surface area (Å²) in [6.07, 6.45) is 0. The third-order valence-electron chi connectivity index (χ3n) is 2.69. The molecule has 102 valence electrons. The molecule has 0 atom stereocenters. The maximum absolute atomic E-state index is 5.94. The molecule has 0 aliphatic rings. The van der Waals surface area contributed by atoms with Crippen LogP contribution in [0.4, 0.5) is 5.69 Å². The lowest BCUT2D eigenvalue weighted by Gasteiger charge is -2.13. The minimum atomic E-state index is 0.469. The monoisotopic (exact) mass is 263 g/mol. The Kier molecular flexibility index (Phi) is 3.50. The Labute approximate surface area is 111 Å². The van der Waals surface area contributed by atoms with E-state index in [4.69, 9.17) is 19.9 Å². The summed E-state index contributed by atoms with van der Waals surface area (Å²) >= 11 is 0. The molecule has 2 N–H and O–H groups in total. The SMILES string of the molecule is COc1cc(N)c(Oc2cc(C)nn2C)cc1OC. The Hall–Kier alpha value is -2.37. The van der Waals surface area contributed by atoms with E-state index in [-0.39, 0.29) is 0 Å². The Balaban J connectivity index is 2.37. The normalized spacial score (nSPS) is 10.3. The third kappa shape index (κ3) is 2.57. The molecule has 0 radical (unpaired) electrons. The Morgan fingerprint density at radius 3 is 2.21 bits per heavy atom. The molecule has 19 heavy (non-hydrogen) atoms. The molecule has 0 saturated carbocycles. The molecule has 0 saturated heterocycles. The zero-order valence-electron chi connectivity index (χ0n) is 11.4. The van der Waals surface area contributed by atoms with Crippen LogP contribution in [0, 0.1) is 6.92 Å². The molecule has 1 heterocycles. The first-order valence-electron chi connectivity index (χ1n) is 5.75. The van der Waals surface area contributed by atoms with Gasteiger partial charge in [-0.25, -0.2) is 4.68 Å². The van der Waals surface area contributed by atoms with Crippen LogP contribution in [-0.2, 0) is 7.05 Å². The van der Waals surface area contributed by atoms with Crippen LogP contribution >= 0.6 is 0 Å². The number of benzene rings is 1. The first-order chi connectivity index (χ1) is 9.05. The Bertz CT molecular complexity index is 593. The molecule has 6 nitrogen and oxygen atoms in total. The number of nitrogens with zero attached hydrogens (tertiary/aromatic N) is 2. The van der Waals surface area contributed by atoms with Gasteiger partial charge in [-0.3, -0.25) is 0 Å². The minimum absolute atomic E-state index is 0.469. The van der Waals surface area contributed by atoms with Crippen LogP contribution in [-0.4, -0.2) is 24.0 Å². The molecule has 1 aromatic heterocycles. The van der Waals surface area contributed by atoms with Crippen molar-refractivity contribution >= 4 is 5.69 Å². The van der Waals surface area contributed by atoms with Crippen molar-refractivity contribution in [3.8, 4) is 23.1 Å². The van der Waals surface area contributed by atoms with Gasteiger partial charge in [0.15, 0.2) is 17.2 Å². The van der Waals surface area contributed by atoms with Gasteiger partial charge < -0.3 is 19.9 Å². The maximum atomic E-state index is 5.94.